The number of benzene rings is 1. The number of hydrogen-bond acceptors (Lipinski definition) is 3. The Labute approximate surface area is 108 Å². The summed E-state index contributed by atoms with van der Waals surface area (Å²) in [5.41, 5.74) is 3.17. The Balaban J connectivity index is 2.07. The summed E-state index contributed by atoms with van der Waals surface area (Å²) < 4.78 is 0. The van der Waals surface area contributed by atoms with Crippen LogP contribution in [0.5, 0.6) is 0 Å². The molecule has 2 aromatic rings. The van der Waals surface area contributed by atoms with Gasteiger partial charge in [-0.2, -0.15) is 0 Å². The number of hydrogen-bond donors (Lipinski definition) is 1. The van der Waals surface area contributed by atoms with Gasteiger partial charge in [0.2, 0.25) is 0 Å². The summed E-state index contributed by atoms with van der Waals surface area (Å²) >= 11 is 0. The van der Waals surface area contributed by atoms with Gasteiger partial charge in [0, 0.05) is 38.6 Å². The quantitative estimate of drug-likeness (QED) is 0.894. The standard InChI is InChI=1S/C15H18N2O/c1-17(2)14-5-3-13(4-6-14)15(18)11-12-7-9-16-10-8-12/h3-10,15,18H,11H2,1-2H3/t15-/m0/s1. The molecule has 2 rings (SSSR count). The molecule has 1 aromatic carbocycles. The van der Waals surface area contributed by atoms with Crippen LogP contribution in [0.2, 0.25) is 0 Å². The lowest BCUT2D eigenvalue weighted by Crippen LogP contribution is -2.09. The van der Waals surface area contributed by atoms with Gasteiger partial charge in [-0.3, -0.25) is 4.98 Å². The average molecular weight is 242 g/mol. The topological polar surface area (TPSA) is 36.4 Å². The minimum Gasteiger partial charge on any atom is -0.388 e. The SMILES string of the molecule is CN(C)c1ccc([C@@H](O)Cc2ccncc2)cc1. The molecule has 0 amide bonds. The predicted molar refractivity (Wildman–Crippen MR) is 73.7 cm³/mol. The van der Waals surface area contributed by atoms with Crippen LogP contribution in [0.4, 0.5) is 5.69 Å². The zero-order valence-electron chi connectivity index (χ0n) is 10.7. The van der Waals surface area contributed by atoms with Gasteiger partial charge in [0.05, 0.1) is 6.10 Å². The van der Waals surface area contributed by atoms with Crippen molar-refractivity contribution in [3.05, 3.63) is 59.9 Å². The summed E-state index contributed by atoms with van der Waals surface area (Å²) in [6.07, 6.45) is 3.64. The highest BCUT2D eigenvalue weighted by Gasteiger charge is 2.08. The van der Waals surface area contributed by atoms with Crippen molar-refractivity contribution in [3.8, 4) is 0 Å². The zero-order chi connectivity index (χ0) is 13.0. The molecule has 18 heavy (non-hydrogen) atoms. The highest BCUT2D eigenvalue weighted by atomic mass is 16.3. The Morgan fingerprint density at radius 3 is 2.22 bits per heavy atom. The van der Waals surface area contributed by atoms with Gasteiger partial charge in [-0.25, -0.2) is 0 Å². The first kappa shape index (κ1) is 12.6. The van der Waals surface area contributed by atoms with E-state index in [2.05, 4.69) is 4.98 Å². The van der Waals surface area contributed by atoms with E-state index >= 15 is 0 Å². The number of nitrogens with zero attached hydrogens (tertiary/aromatic N) is 2. The molecule has 0 aliphatic rings. The maximum atomic E-state index is 10.2. The number of aromatic nitrogens is 1. The molecule has 0 bridgehead atoms. The van der Waals surface area contributed by atoms with Crippen molar-refractivity contribution in [1.29, 1.82) is 0 Å². The van der Waals surface area contributed by atoms with Crippen LogP contribution < -0.4 is 4.90 Å². The molecule has 0 spiro atoms. The smallest absolute Gasteiger partial charge is 0.0830 e. The van der Waals surface area contributed by atoms with E-state index in [1.807, 2.05) is 55.4 Å². The van der Waals surface area contributed by atoms with Gasteiger partial charge in [-0.15, -0.1) is 0 Å². The Morgan fingerprint density at radius 1 is 1.06 bits per heavy atom. The predicted octanol–water partition coefficient (Wildman–Crippen LogP) is 2.42. The van der Waals surface area contributed by atoms with Gasteiger partial charge in [0.25, 0.3) is 0 Å². The molecule has 3 nitrogen and oxygen atoms in total. The van der Waals surface area contributed by atoms with E-state index in [0.717, 1.165) is 16.8 Å². The van der Waals surface area contributed by atoms with Gasteiger partial charge < -0.3 is 10.0 Å². The lowest BCUT2D eigenvalue weighted by atomic mass is 10.0. The van der Waals surface area contributed by atoms with Gasteiger partial charge in [0.15, 0.2) is 0 Å². The van der Waals surface area contributed by atoms with Gasteiger partial charge in [0.1, 0.15) is 0 Å². The first-order valence-electron chi connectivity index (χ1n) is 6.01. The Bertz CT molecular complexity index is 480. The maximum absolute atomic E-state index is 10.2. The van der Waals surface area contributed by atoms with E-state index in [9.17, 15) is 5.11 Å². The maximum Gasteiger partial charge on any atom is 0.0830 e. The molecule has 0 saturated heterocycles. The molecular weight excluding hydrogens is 224 g/mol. The third-order valence-electron chi connectivity index (χ3n) is 2.97. The van der Waals surface area contributed by atoms with Crippen LogP contribution in [-0.2, 0) is 6.42 Å². The van der Waals surface area contributed by atoms with Gasteiger partial charge in [-0.05, 0) is 35.4 Å². The Hall–Kier alpha value is -1.87. The van der Waals surface area contributed by atoms with E-state index in [-0.39, 0.29) is 0 Å². The normalized spacial score (nSPS) is 12.2. The van der Waals surface area contributed by atoms with Crippen LogP contribution in [0, 0.1) is 0 Å². The van der Waals surface area contributed by atoms with Crippen molar-refractivity contribution in [1.82, 2.24) is 4.98 Å². The number of anilines is 1. The average Bonchev–Trinajstić information content (AvgIpc) is 2.40. The lowest BCUT2D eigenvalue weighted by molar-refractivity contribution is 0.178. The molecule has 0 saturated carbocycles. The largest absolute Gasteiger partial charge is 0.388 e. The molecule has 1 N–H and O–H groups in total. The Morgan fingerprint density at radius 2 is 1.67 bits per heavy atom. The minimum absolute atomic E-state index is 0.469. The molecule has 1 heterocycles. The summed E-state index contributed by atoms with van der Waals surface area (Å²) in [6, 6.07) is 11.8. The van der Waals surface area contributed by atoms with Crippen molar-refractivity contribution in [2.24, 2.45) is 0 Å². The van der Waals surface area contributed by atoms with E-state index in [1.165, 1.54) is 0 Å². The first-order valence-corrected chi connectivity index (χ1v) is 6.01. The fourth-order valence-corrected chi connectivity index (χ4v) is 1.85. The second-order valence-corrected chi connectivity index (χ2v) is 4.56. The summed E-state index contributed by atoms with van der Waals surface area (Å²) in [5.74, 6) is 0. The second-order valence-electron chi connectivity index (χ2n) is 4.56. The number of aliphatic hydroxyl groups is 1. The molecule has 94 valence electrons. The van der Waals surface area contributed by atoms with E-state index in [0.29, 0.717) is 6.42 Å². The molecule has 3 heteroatoms. The summed E-state index contributed by atoms with van der Waals surface area (Å²) in [7, 11) is 4.00. The molecular formula is C15H18N2O. The van der Waals surface area contributed by atoms with Gasteiger partial charge in [-0.1, -0.05) is 12.1 Å². The highest BCUT2D eigenvalue weighted by molar-refractivity contribution is 5.46. The van der Waals surface area contributed by atoms with Crippen molar-refractivity contribution in [2.75, 3.05) is 19.0 Å². The van der Waals surface area contributed by atoms with Gasteiger partial charge >= 0.3 is 0 Å². The number of pyridine rings is 1. The fraction of sp³-hybridized carbons (Fsp3) is 0.267. The van der Waals surface area contributed by atoms with E-state index in [4.69, 9.17) is 0 Å². The molecule has 1 atom stereocenters. The first-order chi connectivity index (χ1) is 8.66. The van der Waals surface area contributed by atoms with Crippen LogP contribution >= 0.6 is 0 Å². The van der Waals surface area contributed by atoms with Crippen LogP contribution in [0.1, 0.15) is 17.2 Å². The number of rotatable bonds is 4. The minimum atomic E-state index is -0.469. The Kier molecular flexibility index (Phi) is 3.95. The van der Waals surface area contributed by atoms with Crippen molar-refractivity contribution in [2.45, 2.75) is 12.5 Å². The van der Waals surface area contributed by atoms with Crippen LogP contribution in [0.3, 0.4) is 0 Å². The summed E-state index contributed by atoms with van der Waals surface area (Å²) in [6.45, 7) is 0. The molecule has 0 radical (unpaired) electrons. The molecule has 1 aromatic heterocycles. The van der Waals surface area contributed by atoms with E-state index < -0.39 is 6.10 Å². The third-order valence-corrected chi connectivity index (χ3v) is 2.97. The second kappa shape index (κ2) is 5.65. The molecule has 0 fully saturated rings. The fourth-order valence-electron chi connectivity index (χ4n) is 1.85. The highest BCUT2D eigenvalue weighted by Crippen LogP contribution is 2.20. The van der Waals surface area contributed by atoms with Crippen molar-refractivity contribution in [3.63, 3.8) is 0 Å². The monoisotopic (exact) mass is 242 g/mol. The lowest BCUT2D eigenvalue weighted by Gasteiger charge is -2.15. The van der Waals surface area contributed by atoms with Crippen molar-refractivity contribution < 1.29 is 5.11 Å². The third kappa shape index (κ3) is 3.08. The van der Waals surface area contributed by atoms with E-state index in [1.54, 1.807) is 12.4 Å². The van der Waals surface area contributed by atoms with Crippen LogP contribution in [0.25, 0.3) is 0 Å². The van der Waals surface area contributed by atoms with Crippen LogP contribution in [-0.4, -0.2) is 24.2 Å². The van der Waals surface area contributed by atoms with Crippen molar-refractivity contribution >= 4 is 5.69 Å². The number of aliphatic hydroxyl groups excluding tert-OH is 1. The zero-order valence-corrected chi connectivity index (χ0v) is 10.7. The molecule has 0 aliphatic heterocycles. The van der Waals surface area contributed by atoms with Crippen LogP contribution in [0.15, 0.2) is 48.8 Å². The molecule has 0 unspecified atom stereocenters. The summed E-state index contributed by atoms with van der Waals surface area (Å²) in [5, 5.41) is 10.2. The molecule has 0 aliphatic carbocycles. The summed E-state index contributed by atoms with van der Waals surface area (Å²) in [4.78, 5) is 6.01.